The smallest absolute Gasteiger partial charge is 0.230 e. The highest BCUT2D eigenvalue weighted by atomic mass is 35.5. The van der Waals surface area contributed by atoms with Crippen molar-refractivity contribution in [1.29, 1.82) is 0 Å². The molecule has 8 heteroatoms. The van der Waals surface area contributed by atoms with E-state index in [0.29, 0.717) is 22.3 Å². The summed E-state index contributed by atoms with van der Waals surface area (Å²) in [6.45, 7) is 2.68. The SMILES string of the molecule is CCCC(CNC(=O)CSc1nncs1)c1ccc(Cl)cc1Cl. The quantitative estimate of drug-likeness (QED) is 0.668. The number of thioether (sulfide) groups is 1. The van der Waals surface area contributed by atoms with E-state index in [1.165, 1.54) is 23.1 Å². The van der Waals surface area contributed by atoms with Crippen LogP contribution in [-0.2, 0) is 4.79 Å². The van der Waals surface area contributed by atoms with E-state index in [9.17, 15) is 4.79 Å². The van der Waals surface area contributed by atoms with Crippen LogP contribution in [0.15, 0.2) is 28.0 Å². The van der Waals surface area contributed by atoms with Crippen molar-refractivity contribution in [3.8, 4) is 0 Å². The molecular weight excluding hydrogens is 373 g/mol. The van der Waals surface area contributed by atoms with Crippen LogP contribution in [0.2, 0.25) is 10.0 Å². The molecule has 1 N–H and O–H groups in total. The number of amides is 1. The molecule has 0 fully saturated rings. The van der Waals surface area contributed by atoms with E-state index in [0.717, 1.165) is 22.7 Å². The number of hydrogen-bond acceptors (Lipinski definition) is 5. The highest BCUT2D eigenvalue weighted by molar-refractivity contribution is 8.01. The number of carbonyl (C=O) groups is 1. The van der Waals surface area contributed by atoms with E-state index >= 15 is 0 Å². The molecule has 124 valence electrons. The number of hydrogen-bond donors (Lipinski definition) is 1. The molecule has 0 bridgehead atoms. The van der Waals surface area contributed by atoms with E-state index in [1.54, 1.807) is 11.6 Å². The molecule has 1 amide bonds. The minimum atomic E-state index is -0.0172. The topological polar surface area (TPSA) is 54.9 Å². The van der Waals surface area contributed by atoms with Gasteiger partial charge in [-0.25, -0.2) is 0 Å². The summed E-state index contributed by atoms with van der Waals surface area (Å²) < 4.78 is 0.797. The van der Waals surface area contributed by atoms with Gasteiger partial charge in [-0.05, 0) is 24.1 Å². The second kappa shape index (κ2) is 9.47. The van der Waals surface area contributed by atoms with Crippen molar-refractivity contribution in [1.82, 2.24) is 15.5 Å². The first-order valence-corrected chi connectivity index (χ1v) is 9.83. The molecule has 1 heterocycles. The van der Waals surface area contributed by atoms with Crippen LogP contribution in [0.1, 0.15) is 31.2 Å². The molecule has 0 aliphatic carbocycles. The largest absolute Gasteiger partial charge is 0.355 e. The molecule has 1 aromatic heterocycles. The Morgan fingerprint density at radius 2 is 2.26 bits per heavy atom. The summed E-state index contributed by atoms with van der Waals surface area (Å²) in [6.07, 6.45) is 1.96. The molecule has 0 saturated carbocycles. The molecule has 2 rings (SSSR count). The highest BCUT2D eigenvalue weighted by Crippen LogP contribution is 2.30. The van der Waals surface area contributed by atoms with Crippen molar-refractivity contribution >= 4 is 52.2 Å². The van der Waals surface area contributed by atoms with E-state index in [-0.39, 0.29) is 11.8 Å². The maximum Gasteiger partial charge on any atom is 0.230 e. The van der Waals surface area contributed by atoms with Crippen LogP contribution in [0.3, 0.4) is 0 Å². The minimum Gasteiger partial charge on any atom is -0.355 e. The van der Waals surface area contributed by atoms with E-state index in [4.69, 9.17) is 23.2 Å². The fourth-order valence-corrected chi connectivity index (χ4v) is 4.07. The Morgan fingerprint density at radius 1 is 1.43 bits per heavy atom. The average molecular weight is 390 g/mol. The van der Waals surface area contributed by atoms with Crippen LogP contribution in [0.25, 0.3) is 0 Å². The van der Waals surface area contributed by atoms with Gasteiger partial charge in [0.25, 0.3) is 0 Å². The molecule has 4 nitrogen and oxygen atoms in total. The molecule has 0 aliphatic heterocycles. The van der Waals surface area contributed by atoms with Gasteiger partial charge in [0.05, 0.1) is 5.75 Å². The Hall–Kier alpha value is -0.820. The summed E-state index contributed by atoms with van der Waals surface area (Å²) in [5.41, 5.74) is 2.68. The number of rotatable bonds is 8. The van der Waals surface area contributed by atoms with E-state index < -0.39 is 0 Å². The minimum absolute atomic E-state index is 0.0172. The zero-order valence-electron chi connectivity index (χ0n) is 12.6. The van der Waals surface area contributed by atoms with Gasteiger partial charge in [0.15, 0.2) is 4.34 Å². The molecule has 0 aliphatic rings. The van der Waals surface area contributed by atoms with Crippen molar-refractivity contribution in [2.24, 2.45) is 0 Å². The zero-order chi connectivity index (χ0) is 16.7. The fourth-order valence-electron chi connectivity index (χ4n) is 2.19. The van der Waals surface area contributed by atoms with Crippen LogP contribution in [0.5, 0.6) is 0 Å². The molecule has 23 heavy (non-hydrogen) atoms. The lowest BCUT2D eigenvalue weighted by atomic mass is 9.94. The second-order valence-electron chi connectivity index (χ2n) is 4.95. The van der Waals surface area contributed by atoms with Crippen LogP contribution in [0, 0.1) is 0 Å². The Balaban J connectivity index is 1.90. The standard InChI is InChI=1S/C15H17Cl2N3OS2/c1-2-3-10(12-5-4-11(16)6-13(12)17)7-18-14(21)8-22-15-20-19-9-23-15/h4-6,9-10H,2-3,7-8H2,1H3,(H,18,21). The average Bonchev–Trinajstić information content (AvgIpc) is 3.03. The number of nitrogens with one attached hydrogen (secondary N) is 1. The predicted octanol–water partition coefficient (Wildman–Crippen LogP) is 4.64. The maximum atomic E-state index is 12.0. The van der Waals surface area contributed by atoms with Crippen molar-refractivity contribution in [3.63, 3.8) is 0 Å². The number of carbonyl (C=O) groups excluding carboxylic acids is 1. The van der Waals surface area contributed by atoms with Crippen LogP contribution >= 0.6 is 46.3 Å². The first-order valence-electron chi connectivity index (χ1n) is 7.20. The van der Waals surface area contributed by atoms with Gasteiger partial charge in [0, 0.05) is 22.5 Å². The third-order valence-corrected chi connectivity index (χ3v) is 5.67. The van der Waals surface area contributed by atoms with Crippen LogP contribution in [-0.4, -0.2) is 28.4 Å². The Morgan fingerprint density at radius 3 is 2.91 bits per heavy atom. The number of benzene rings is 1. The molecule has 0 saturated heterocycles. The van der Waals surface area contributed by atoms with Gasteiger partial charge in [0.2, 0.25) is 5.91 Å². The third-order valence-electron chi connectivity index (χ3n) is 3.25. The monoisotopic (exact) mass is 389 g/mol. The fraction of sp³-hybridized carbons (Fsp3) is 0.400. The van der Waals surface area contributed by atoms with Crippen molar-refractivity contribution < 1.29 is 4.79 Å². The summed E-state index contributed by atoms with van der Waals surface area (Å²) in [4.78, 5) is 12.0. The maximum absolute atomic E-state index is 12.0. The first kappa shape index (κ1) is 18.5. The third kappa shape index (κ3) is 5.95. The van der Waals surface area contributed by atoms with Gasteiger partial charge in [-0.1, -0.05) is 65.7 Å². The first-order chi connectivity index (χ1) is 11.1. The number of aromatic nitrogens is 2. The summed E-state index contributed by atoms with van der Waals surface area (Å²) in [5, 5.41) is 11.9. The lowest BCUT2D eigenvalue weighted by Gasteiger charge is -2.19. The Kier molecular flexibility index (Phi) is 7.62. The van der Waals surface area contributed by atoms with E-state index in [1.807, 2.05) is 12.1 Å². The van der Waals surface area contributed by atoms with Crippen molar-refractivity contribution in [3.05, 3.63) is 39.3 Å². The number of halogens is 2. The Bertz CT molecular complexity index is 638. The molecular formula is C15H17Cl2N3OS2. The summed E-state index contributed by atoms with van der Waals surface area (Å²) in [5.74, 6) is 0.499. The van der Waals surface area contributed by atoms with Gasteiger partial charge in [-0.2, -0.15) is 0 Å². The molecule has 1 aromatic carbocycles. The summed E-state index contributed by atoms with van der Waals surface area (Å²) >= 11 is 15.1. The lowest BCUT2D eigenvalue weighted by molar-refractivity contribution is -0.118. The second-order valence-corrected chi connectivity index (χ2v) is 7.85. The summed E-state index contributed by atoms with van der Waals surface area (Å²) in [6, 6.07) is 5.51. The van der Waals surface area contributed by atoms with Gasteiger partial charge >= 0.3 is 0 Å². The number of nitrogens with zero attached hydrogens (tertiary/aromatic N) is 2. The molecule has 1 unspecified atom stereocenters. The van der Waals surface area contributed by atoms with Gasteiger partial charge in [-0.3, -0.25) is 4.79 Å². The molecule has 1 atom stereocenters. The van der Waals surface area contributed by atoms with Crippen LogP contribution < -0.4 is 5.32 Å². The molecule has 0 spiro atoms. The highest BCUT2D eigenvalue weighted by Gasteiger charge is 2.16. The zero-order valence-corrected chi connectivity index (χ0v) is 15.7. The van der Waals surface area contributed by atoms with Crippen molar-refractivity contribution in [2.75, 3.05) is 12.3 Å². The summed E-state index contributed by atoms with van der Waals surface area (Å²) in [7, 11) is 0. The normalized spacial score (nSPS) is 12.1. The van der Waals surface area contributed by atoms with E-state index in [2.05, 4.69) is 22.4 Å². The Labute approximate surface area is 154 Å². The van der Waals surface area contributed by atoms with Crippen LogP contribution in [0.4, 0.5) is 0 Å². The molecule has 0 radical (unpaired) electrons. The predicted molar refractivity (Wildman–Crippen MR) is 97.8 cm³/mol. The lowest BCUT2D eigenvalue weighted by Crippen LogP contribution is -2.30. The van der Waals surface area contributed by atoms with Crippen molar-refractivity contribution in [2.45, 2.75) is 30.0 Å². The van der Waals surface area contributed by atoms with Gasteiger partial charge in [-0.15, -0.1) is 10.2 Å². The van der Waals surface area contributed by atoms with Gasteiger partial charge < -0.3 is 5.32 Å². The van der Waals surface area contributed by atoms with Gasteiger partial charge in [0.1, 0.15) is 5.51 Å². The molecule has 2 aromatic rings.